The first-order valence-electron chi connectivity index (χ1n) is 5.92. The Morgan fingerprint density at radius 1 is 0.889 bits per heavy atom. The summed E-state index contributed by atoms with van der Waals surface area (Å²) in [6.07, 6.45) is 0.482. The predicted octanol–water partition coefficient (Wildman–Crippen LogP) is 3.24. The molecule has 0 spiro atoms. The van der Waals surface area contributed by atoms with Crippen LogP contribution in [-0.4, -0.2) is 6.54 Å². The van der Waals surface area contributed by atoms with Crippen molar-refractivity contribution >= 4 is 11.4 Å². The molecule has 2 aromatic rings. The molecule has 0 aliphatic heterocycles. The molecule has 0 fully saturated rings. The van der Waals surface area contributed by atoms with Gasteiger partial charge in [-0.05, 0) is 24.3 Å². The third kappa shape index (κ3) is 3.09. The van der Waals surface area contributed by atoms with Crippen molar-refractivity contribution < 1.29 is 0 Å². The van der Waals surface area contributed by atoms with E-state index < -0.39 is 0 Å². The topological polar surface area (TPSA) is 39.1 Å². The highest BCUT2D eigenvalue weighted by Gasteiger charge is 2.07. The van der Waals surface area contributed by atoms with Gasteiger partial charge in [-0.3, -0.25) is 5.01 Å². The first kappa shape index (κ1) is 12.2. The largest absolute Gasteiger partial charge is 0.277 e. The van der Waals surface area contributed by atoms with Crippen molar-refractivity contribution in [3.63, 3.8) is 0 Å². The molecule has 0 aromatic heterocycles. The summed E-state index contributed by atoms with van der Waals surface area (Å²) in [5.74, 6) is 0. The summed E-state index contributed by atoms with van der Waals surface area (Å²) in [6.45, 7) is 0.625. The van der Waals surface area contributed by atoms with E-state index in [1.807, 2.05) is 65.7 Å². The number of nitrogens with one attached hydrogen (secondary N) is 1. The highest BCUT2D eigenvalue weighted by molar-refractivity contribution is 5.61. The van der Waals surface area contributed by atoms with Crippen LogP contribution in [-0.2, 0) is 0 Å². The number of hydrazine groups is 1. The van der Waals surface area contributed by atoms with Crippen molar-refractivity contribution in [2.45, 2.75) is 6.42 Å². The van der Waals surface area contributed by atoms with Crippen LogP contribution in [0.3, 0.4) is 0 Å². The zero-order valence-corrected chi connectivity index (χ0v) is 10.1. The van der Waals surface area contributed by atoms with Crippen LogP contribution in [0.15, 0.2) is 60.7 Å². The van der Waals surface area contributed by atoms with E-state index in [4.69, 9.17) is 5.26 Å². The van der Waals surface area contributed by atoms with Crippen molar-refractivity contribution in [2.24, 2.45) is 0 Å². The van der Waals surface area contributed by atoms with E-state index >= 15 is 0 Å². The van der Waals surface area contributed by atoms with Crippen molar-refractivity contribution in [1.82, 2.24) is 5.43 Å². The normalized spacial score (nSPS) is 9.72. The predicted molar refractivity (Wildman–Crippen MR) is 73.3 cm³/mol. The number of para-hydroxylation sites is 2. The number of nitriles is 1. The molecule has 0 heterocycles. The summed E-state index contributed by atoms with van der Waals surface area (Å²) in [5.41, 5.74) is 5.38. The zero-order valence-electron chi connectivity index (χ0n) is 10.1. The fourth-order valence-corrected chi connectivity index (χ4v) is 1.71. The summed E-state index contributed by atoms with van der Waals surface area (Å²) >= 11 is 0. The average Bonchev–Trinajstić information content (AvgIpc) is 2.46. The molecule has 0 atom stereocenters. The lowest BCUT2D eigenvalue weighted by Gasteiger charge is -2.25. The van der Waals surface area contributed by atoms with Crippen molar-refractivity contribution in [1.29, 1.82) is 5.26 Å². The molecule has 0 unspecified atom stereocenters. The van der Waals surface area contributed by atoms with Gasteiger partial charge in [0.15, 0.2) is 0 Å². The van der Waals surface area contributed by atoms with E-state index in [1.54, 1.807) is 0 Å². The summed E-state index contributed by atoms with van der Waals surface area (Å²) in [7, 11) is 0. The molecule has 0 saturated heterocycles. The van der Waals surface area contributed by atoms with E-state index in [0.717, 1.165) is 11.4 Å². The summed E-state index contributed by atoms with van der Waals surface area (Å²) in [5, 5.41) is 10.6. The second-order valence-electron chi connectivity index (χ2n) is 3.82. The van der Waals surface area contributed by atoms with E-state index in [1.165, 1.54) is 0 Å². The van der Waals surface area contributed by atoms with E-state index in [-0.39, 0.29) is 0 Å². The van der Waals surface area contributed by atoms with E-state index in [9.17, 15) is 0 Å². The van der Waals surface area contributed by atoms with Gasteiger partial charge in [-0.2, -0.15) is 5.26 Å². The number of hydrogen-bond donors (Lipinski definition) is 1. The molecule has 0 aliphatic carbocycles. The Morgan fingerprint density at radius 2 is 1.39 bits per heavy atom. The third-order valence-corrected chi connectivity index (χ3v) is 2.54. The van der Waals surface area contributed by atoms with Crippen LogP contribution in [0, 0.1) is 11.3 Å². The SMILES string of the molecule is N#CCCNN(c1ccccc1)c1ccccc1. The molecular weight excluding hydrogens is 222 g/mol. The van der Waals surface area contributed by atoms with Crippen LogP contribution < -0.4 is 10.4 Å². The van der Waals surface area contributed by atoms with Gasteiger partial charge in [0.2, 0.25) is 0 Å². The van der Waals surface area contributed by atoms with Gasteiger partial charge < -0.3 is 0 Å². The number of anilines is 2. The molecule has 18 heavy (non-hydrogen) atoms. The smallest absolute Gasteiger partial charge is 0.0635 e. The lowest BCUT2D eigenvalue weighted by molar-refractivity contribution is 0.712. The Hall–Kier alpha value is -2.31. The maximum atomic E-state index is 8.61. The molecule has 0 aliphatic rings. The summed E-state index contributed by atoms with van der Waals surface area (Å²) < 4.78 is 0. The van der Waals surface area contributed by atoms with Gasteiger partial charge in [0.05, 0.1) is 17.4 Å². The molecule has 90 valence electrons. The van der Waals surface area contributed by atoms with Crippen LogP contribution in [0.2, 0.25) is 0 Å². The summed E-state index contributed by atoms with van der Waals surface area (Å²) in [4.78, 5) is 0. The number of benzene rings is 2. The monoisotopic (exact) mass is 237 g/mol. The van der Waals surface area contributed by atoms with Gasteiger partial charge in [-0.15, -0.1) is 0 Å². The van der Waals surface area contributed by atoms with Crippen molar-refractivity contribution in [2.75, 3.05) is 11.6 Å². The van der Waals surface area contributed by atoms with Gasteiger partial charge in [0.1, 0.15) is 0 Å². The van der Waals surface area contributed by atoms with Gasteiger partial charge in [-0.25, -0.2) is 5.43 Å². The fourth-order valence-electron chi connectivity index (χ4n) is 1.71. The Bertz CT molecular complexity index is 463. The molecular formula is C15H15N3. The highest BCUT2D eigenvalue weighted by atomic mass is 15.5. The molecule has 0 saturated carbocycles. The Morgan fingerprint density at radius 3 is 1.83 bits per heavy atom. The first-order chi connectivity index (χ1) is 8.92. The Labute approximate surface area is 107 Å². The number of nitrogens with zero attached hydrogens (tertiary/aromatic N) is 2. The van der Waals surface area contributed by atoms with E-state index in [0.29, 0.717) is 13.0 Å². The minimum atomic E-state index is 0.482. The quantitative estimate of drug-likeness (QED) is 0.641. The second kappa shape index (κ2) is 6.43. The molecule has 3 heteroatoms. The number of hydrogen-bond acceptors (Lipinski definition) is 3. The van der Waals surface area contributed by atoms with Crippen LogP contribution in [0.25, 0.3) is 0 Å². The Balaban J connectivity index is 2.21. The fraction of sp³-hybridized carbons (Fsp3) is 0.133. The average molecular weight is 237 g/mol. The minimum absolute atomic E-state index is 0.482. The van der Waals surface area contributed by atoms with Crippen LogP contribution >= 0.6 is 0 Å². The van der Waals surface area contributed by atoms with Crippen molar-refractivity contribution in [3.8, 4) is 6.07 Å². The van der Waals surface area contributed by atoms with Crippen LogP contribution in [0.1, 0.15) is 6.42 Å². The second-order valence-corrected chi connectivity index (χ2v) is 3.82. The lowest BCUT2D eigenvalue weighted by Crippen LogP contribution is -2.34. The molecule has 0 radical (unpaired) electrons. The summed E-state index contributed by atoms with van der Waals surface area (Å²) in [6, 6.07) is 22.2. The van der Waals surface area contributed by atoms with Gasteiger partial charge in [0, 0.05) is 13.0 Å². The standard InChI is InChI=1S/C15H15N3/c16-12-7-13-17-18(14-8-3-1-4-9-14)15-10-5-2-6-11-15/h1-6,8-11,17H,7,13H2. The maximum Gasteiger partial charge on any atom is 0.0635 e. The van der Waals surface area contributed by atoms with E-state index in [2.05, 4.69) is 11.5 Å². The number of rotatable bonds is 5. The van der Waals surface area contributed by atoms with Crippen LogP contribution in [0.5, 0.6) is 0 Å². The third-order valence-electron chi connectivity index (χ3n) is 2.54. The lowest BCUT2D eigenvalue weighted by atomic mass is 10.2. The van der Waals surface area contributed by atoms with Gasteiger partial charge >= 0.3 is 0 Å². The van der Waals surface area contributed by atoms with Gasteiger partial charge in [-0.1, -0.05) is 36.4 Å². The van der Waals surface area contributed by atoms with Gasteiger partial charge in [0.25, 0.3) is 0 Å². The maximum absolute atomic E-state index is 8.61. The minimum Gasteiger partial charge on any atom is -0.277 e. The highest BCUT2D eigenvalue weighted by Crippen LogP contribution is 2.22. The van der Waals surface area contributed by atoms with Crippen molar-refractivity contribution in [3.05, 3.63) is 60.7 Å². The molecule has 0 amide bonds. The van der Waals surface area contributed by atoms with Crippen LogP contribution in [0.4, 0.5) is 11.4 Å². The molecule has 2 aromatic carbocycles. The Kier molecular flexibility index (Phi) is 4.34. The molecule has 3 nitrogen and oxygen atoms in total. The molecule has 0 bridgehead atoms. The zero-order chi connectivity index (χ0) is 12.6. The molecule has 2 rings (SSSR count). The molecule has 1 N–H and O–H groups in total. The first-order valence-corrected chi connectivity index (χ1v) is 5.92.